The zero-order valence-electron chi connectivity index (χ0n) is 15.5. The average molecular weight is 399 g/mol. The number of fused-ring (bicyclic) bond motifs is 1. The Labute approximate surface area is 167 Å². The van der Waals surface area contributed by atoms with Crippen LogP contribution in [0.15, 0.2) is 54.6 Å². The molecule has 0 radical (unpaired) electrons. The molecule has 0 aliphatic rings. The lowest BCUT2D eigenvalue weighted by atomic mass is 10.2. The Hall–Kier alpha value is -3.06. The van der Waals surface area contributed by atoms with Gasteiger partial charge in [-0.3, -0.25) is 4.79 Å². The number of hydrogen-bond acceptors (Lipinski definition) is 6. The Morgan fingerprint density at radius 1 is 1.00 bits per heavy atom. The number of carbonyl (C=O) groups is 2. The summed E-state index contributed by atoms with van der Waals surface area (Å²) < 4.78 is 17.0. The second kappa shape index (κ2) is 9.75. The number of amides is 1. The molecule has 7 heteroatoms. The zero-order chi connectivity index (χ0) is 19.8. The van der Waals surface area contributed by atoms with Crippen molar-refractivity contribution in [1.82, 2.24) is 5.32 Å². The summed E-state index contributed by atoms with van der Waals surface area (Å²) >= 11 is 1.34. The maximum atomic E-state index is 12.1. The first-order valence-electron chi connectivity index (χ1n) is 8.94. The lowest BCUT2D eigenvalue weighted by molar-refractivity contribution is -0.124. The number of rotatable bonds is 9. The molecule has 0 unspecified atom stereocenters. The standard InChI is InChI=1S/C21H21NO5S/c1-2-25-16-7-9-17(10-8-16)26-12-11-22-20(23)14-27-21(24)19-13-15-5-3-4-6-18(15)28-19/h3-10,13H,2,11-12,14H2,1H3,(H,22,23). The maximum absolute atomic E-state index is 12.1. The Balaban J connectivity index is 1.35. The van der Waals surface area contributed by atoms with Crippen LogP contribution in [0.25, 0.3) is 10.1 Å². The Morgan fingerprint density at radius 2 is 1.71 bits per heavy atom. The Morgan fingerprint density at radius 3 is 2.43 bits per heavy atom. The number of ether oxygens (including phenoxy) is 3. The predicted molar refractivity (Wildman–Crippen MR) is 108 cm³/mol. The molecule has 146 valence electrons. The quantitative estimate of drug-likeness (QED) is 0.439. The molecule has 28 heavy (non-hydrogen) atoms. The van der Waals surface area contributed by atoms with Crippen molar-refractivity contribution < 1.29 is 23.8 Å². The van der Waals surface area contributed by atoms with E-state index in [1.165, 1.54) is 11.3 Å². The summed E-state index contributed by atoms with van der Waals surface area (Å²) in [7, 11) is 0. The van der Waals surface area contributed by atoms with Crippen molar-refractivity contribution in [1.29, 1.82) is 0 Å². The summed E-state index contributed by atoms with van der Waals surface area (Å²) in [5.41, 5.74) is 0. The van der Waals surface area contributed by atoms with Gasteiger partial charge in [0.25, 0.3) is 5.91 Å². The fourth-order valence-corrected chi connectivity index (χ4v) is 3.45. The molecule has 0 saturated carbocycles. The van der Waals surface area contributed by atoms with Crippen molar-refractivity contribution in [3.63, 3.8) is 0 Å². The van der Waals surface area contributed by atoms with Crippen molar-refractivity contribution in [3.05, 3.63) is 59.5 Å². The number of benzene rings is 2. The van der Waals surface area contributed by atoms with E-state index in [1.807, 2.05) is 43.3 Å². The fraction of sp³-hybridized carbons (Fsp3) is 0.238. The molecule has 3 aromatic rings. The first-order chi connectivity index (χ1) is 13.7. The third kappa shape index (κ3) is 5.47. The third-order valence-electron chi connectivity index (χ3n) is 3.79. The largest absolute Gasteiger partial charge is 0.494 e. The minimum atomic E-state index is -0.498. The first kappa shape index (κ1) is 19.7. The summed E-state index contributed by atoms with van der Waals surface area (Å²) in [6, 6.07) is 16.7. The molecule has 0 saturated heterocycles. The van der Waals surface area contributed by atoms with Crippen LogP contribution in [0.1, 0.15) is 16.6 Å². The highest BCUT2D eigenvalue weighted by Gasteiger charge is 2.13. The van der Waals surface area contributed by atoms with Crippen LogP contribution in [-0.4, -0.2) is 38.2 Å². The molecule has 0 bridgehead atoms. The number of hydrogen-bond donors (Lipinski definition) is 1. The maximum Gasteiger partial charge on any atom is 0.348 e. The van der Waals surface area contributed by atoms with Crippen molar-refractivity contribution in [2.24, 2.45) is 0 Å². The molecule has 0 aliphatic heterocycles. The summed E-state index contributed by atoms with van der Waals surface area (Å²) in [5.74, 6) is 0.601. The van der Waals surface area contributed by atoms with E-state index in [0.29, 0.717) is 30.4 Å². The Bertz CT molecular complexity index is 902. The van der Waals surface area contributed by atoms with E-state index < -0.39 is 5.97 Å². The van der Waals surface area contributed by atoms with Gasteiger partial charge in [0, 0.05) is 4.70 Å². The van der Waals surface area contributed by atoms with Crippen LogP contribution in [-0.2, 0) is 9.53 Å². The molecule has 0 spiro atoms. The van der Waals surface area contributed by atoms with Gasteiger partial charge < -0.3 is 19.5 Å². The summed E-state index contributed by atoms with van der Waals surface area (Å²) in [4.78, 5) is 24.4. The van der Waals surface area contributed by atoms with Gasteiger partial charge in [-0.2, -0.15) is 0 Å². The zero-order valence-corrected chi connectivity index (χ0v) is 16.3. The highest BCUT2D eigenvalue weighted by Crippen LogP contribution is 2.25. The van der Waals surface area contributed by atoms with E-state index in [9.17, 15) is 9.59 Å². The van der Waals surface area contributed by atoms with Crippen LogP contribution < -0.4 is 14.8 Å². The highest BCUT2D eigenvalue weighted by molar-refractivity contribution is 7.20. The minimum absolute atomic E-state index is 0.310. The van der Waals surface area contributed by atoms with Gasteiger partial charge in [-0.05, 0) is 48.7 Å². The molecular formula is C21H21NO5S. The highest BCUT2D eigenvalue weighted by atomic mass is 32.1. The summed E-state index contributed by atoms with van der Waals surface area (Å²) in [5, 5.41) is 3.64. The molecule has 1 amide bonds. The number of nitrogens with one attached hydrogen (secondary N) is 1. The average Bonchev–Trinajstić information content (AvgIpc) is 3.15. The van der Waals surface area contributed by atoms with E-state index in [4.69, 9.17) is 14.2 Å². The molecule has 2 aromatic carbocycles. The molecule has 1 heterocycles. The third-order valence-corrected chi connectivity index (χ3v) is 4.88. The van der Waals surface area contributed by atoms with Crippen LogP contribution in [0, 0.1) is 0 Å². The van der Waals surface area contributed by atoms with Crippen molar-refractivity contribution in [2.75, 3.05) is 26.4 Å². The molecule has 3 rings (SSSR count). The van der Waals surface area contributed by atoms with E-state index in [1.54, 1.807) is 18.2 Å². The van der Waals surface area contributed by atoms with E-state index >= 15 is 0 Å². The second-order valence-electron chi connectivity index (χ2n) is 5.83. The monoisotopic (exact) mass is 399 g/mol. The normalized spacial score (nSPS) is 10.5. The minimum Gasteiger partial charge on any atom is -0.494 e. The summed E-state index contributed by atoms with van der Waals surface area (Å²) in [6.45, 7) is 2.83. The molecule has 0 atom stereocenters. The molecule has 1 aromatic heterocycles. The summed E-state index contributed by atoms with van der Waals surface area (Å²) in [6.07, 6.45) is 0. The van der Waals surface area contributed by atoms with Crippen molar-refractivity contribution >= 4 is 33.3 Å². The van der Waals surface area contributed by atoms with Gasteiger partial charge in [-0.1, -0.05) is 18.2 Å². The number of carbonyl (C=O) groups excluding carboxylic acids is 2. The van der Waals surface area contributed by atoms with Gasteiger partial charge >= 0.3 is 5.97 Å². The molecule has 0 fully saturated rings. The number of thiophene rings is 1. The van der Waals surface area contributed by atoms with Crippen LogP contribution in [0.5, 0.6) is 11.5 Å². The molecule has 1 N–H and O–H groups in total. The van der Waals surface area contributed by atoms with Crippen LogP contribution >= 0.6 is 11.3 Å². The van der Waals surface area contributed by atoms with E-state index in [2.05, 4.69) is 5.32 Å². The van der Waals surface area contributed by atoms with E-state index in [-0.39, 0.29) is 12.5 Å². The topological polar surface area (TPSA) is 73.9 Å². The SMILES string of the molecule is CCOc1ccc(OCCNC(=O)COC(=O)c2cc3ccccc3s2)cc1. The molecule has 0 aliphatic carbocycles. The Kier molecular flexibility index (Phi) is 6.86. The first-order valence-corrected chi connectivity index (χ1v) is 9.75. The smallest absolute Gasteiger partial charge is 0.348 e. The predicted octanol–water partition coefficient (Wildman–Crippen LogP) is 3.65. The van der Waals surface area contributed by atoms with Crippen LogP contribution in [0.4, 0.5) is 0 Å². The molecular weight excluding hydrogens is 378 g/mol. The van der Waals surface area contributed by atoms with Gasteiger partial charge in [0.1, 0.15) is 23.0 Å². The lowest BCUT2D eigenvalue weighted by Crippen LogP contribution is -2.32. The fourth-order valence-electron chi connectivity index (χ4n) is 2.49. The molecule has 6 nitrogen and oxygen atoms in total. The van der Waals surface area contributed by atoms with Gasteiger partial charge in [-0.25, -0.2) is 4.79 Å². The van der Waals surface area contributed by atoms with Gasteiger partial charge in [-0.15, -0.1) is 11.3 Å². The second-order valence-corrected chi connectivity index (χ2v) is 6.91. The van der Waals surface area contributed by atoms with Crippen LogP contribution in [0.3, 0.4) is 0 Å². The van der Waals surface area contributed by atoms with Gasteiger partial charge in [0.2, 0.25) is 0 Å². The lowest BCUT2D eigenvalue weighted by Gasteiger charge is -2.09. The van der Waals surface area contributed by atoms with E-state index in [0.717, 1.165) is 15.8 Å². The van der Waals surface area contributed by atoms with Crippen molar-refractivity contribution in [2.45, 2.75) is 6.92 Å². The van der Waals surface area contributed by atoms with Crippen molar-refractivity contribution in [3.8, 4) is 11.5 Å². The van der Waals surface area contributed by atoms with Gasteiger partial charge in [0.05, 0.1) is 13.2 Å². The number of esters is 1. The van der Waals surface area contributed by atoms with Gasteiger partial charge in [0.15, 0.2) is 6.61 Å². The van der Waals surface area contributed by atoms with Crippen LogP contribution in [0.2, 0.25) is 0 Å².